The number of likely N-dealkylation sites (N-methyl/N-ethyl adjacent to an activating group) is 1. The van der Waals surface area contributed by atoms with Gasteiger partial charge in [-0.15, -0.1) is 0 Å². The number of nitrogens with zero attached hydrogens (tertiary/aromatic N) is 2. The van der Waals surface area contributed by atoms with Gasteiger partial charge in [0.2, 0.25) is 18.2 Å². The van der Waals surface area contributed by atoms with Crippen LogP contribution in [0, 0.1) is 11.3 Å². The van der Waals surface area contributed by atoms with E-state index >= 15 is 0 Å². The molecule has 7 heteroatoms. The van der Waals surface area contributed by atoms with Crippen LogP contribution in [0.3, 0.4) is 0 Å². The largest absolute Gasteiger partial charge is 0.347 e. The Hall–Kier alpha value is -1.24. The Morgan fingerprint density at radius 2 is 1.78 bits per heavy atom. The molecule has 0 aliphatic rings. The van der Waals surface area contributed by atoms with Crippen LogP contribution in [0.5, 0.6) is 0 Å². The molecule has 0 spiro atoms. The normalized spacial score (nSPS) is 13.9. The lowest BCUT2D eigenvalue weighted by molar-refractivity contribution is -0.138. The number of thioether (sulfide) groups is 1. The van der Waals surface area contributed by atoms with Crippen LogP contribution < -0.4 is 5.32 Å². The number of nitrogens with one attached hydrogen (secondary N) is 1. The van der Waals surface area contributed by atoms with E-state index in [1.165, 1.54) is 9.80 Å². The van der Waals surface area contributed by atoms with Crippen molar-refractivity contribution in [2.45, 2.75) is 33.7 Å². The highest BCUT2D eigenvalue weighted by Crippen LogP contribution is 2.21. The van der Waals surface area contributed by atoms with E-state index in [2.05, 4.69) is 5.32 Å². The van der Waals surface area contributed by atoms with E-state index in [1.54, 1.807) is 32.9 Å². The number of hydrogen-bond acceptors (Lipinski definition) is 4. The van der Waals surface area contributed by atoms with Crippen molar-refractivity contribution in [2.75, 3.05) is 39.2 Å². The maximum atomic E-state index is 12.6. The second-order valence-electron chi connectivity index (χ2n) is 6.94. The van der Waals surface area contributed by atoms with E-state index in [1.807, 2.05) is 27.7 Å². The fraction of sp³-hybridized carbons (Fsp3) is 0.812. The molecule has 0 saturated carbocycles. The van der Waals surface area contributed by atoms with E-state index < -0.39 is 11.5 Å². The lowest BCUT2D eigenvalue weighted by Gasteiger charge is -2.33. The van der Waals surface area contributed by atoms with E-state index in [9.17, 15) is 14.4 Å². The van der Waals surface area contributed by atoms with Gasteiger partial charge in [0, 0.05) is 33.4 Å². The highest BCUT2D eigenvalue weighted by atomic mass is 32.2. The average molecular weight is 346 g/mol. The Morgan fingerprint density at radius 1 is 1.22 bits per heavy atom. The lowest BCUT2D eigenvalue weighted by atomic mass is 9.85. The van der Waals surface area contributed by atoms with Gasteiger partial charge in [0.05, 0.1) is 5.92 Å². The van der Waals surface area contributed by atoms with Crippen molar-refractivity contribution in [3.63, 3.8) is 0 Å². The highest BCUT2D eigenvalue weighted by Gasteiger charge is 2.35. The summed E-state index contributed by atoms with van der Waals surface area (Å²) in [7, 11) is 5.01. The molecule has 0 radical (unpaired) electrons. The summed E-state index contributed by atoms with van der Waals surface area (Å²) in [5.41, 5.74) is -0.393. The molecule has 0 bridgehead atoms. The zero-order valence-electron chi connectivity index (χ0n) is 15.4. The standard InChI is InChI=1S/C16H31N3O3S/c1-8-23-10-12(9-19(7)11-20)14(21)17-13(16(2,3)4)15(22)18(5)6/h11-13H,8-10H2,1-7H3,(H,17,21)/t12-,13+/m0/s1. The van der Waals surface area contributed by atoms with Gasteiger partial charge in [-0.25, -0.2) is 0 Å². The third-order valence-corrected chi connectivity index (χ3v) is 4.47. The zero-order valence-corrected chi connectivity index (χ0v) is 16.2. The van der Waals surface area contributed by atoms with Crippen molar-refractivity contribution in [1.29, 1.82) is 0 Å². The first kappa shape index (κ1) is 21.8. The number of carbonyl (C=O) groups is 3. The second-order valence-corrected chi connectivity index (χ2v) is 8.26. The van der Waals surface area contributed by atoms with Crippen LogP contribution in [0.1, 0.15) is 27.7 Å². The Morgan fingerprint density at radius 3 is 2.17 bits per heavy atom. The summed E-state index contributed by atoms with van der Waals surface area (Å²) in [5.74, 6) is 0.864. The van der Waals surface area contributed by atoms with Crippen LogP contribution in [-0.4, -0.2) is 73.3 Å². The maximum Gasteiger partial charge on any atom is 0.245 e. The highest BCUT2D eigenvalue weighted by molar-refractivity contribution is 7.99. The van der Waals surface area contributed by atoms with Crippen molar-refractivity contribution < 1.29 is 14.4 Å². The molecule has 0 aliphatic heterocycles. The molecule has 0 saturated heterocycles. The molecule has 3 amide bonds. The first-order chi connectivity index (χ1) is 10.5. The first-order valence-corrected chi connectivity index (χ1v) is 8.94. The predicted molar refractivity (Wildman–Crippen MR) is 95.3 cm³/mol. The summed E-state index contributed by atoms with van der Waals surface area (Å²) >= 11 is 1.65. The smallest absolute Gasteiger partial charge is 0.245 e. The summed E-state index contributed by atoms with van der Waals surface area (Å²) in [5, 5.41) is 2.89. The van der Waals surface area contributed by atoms with E-state index in [0.717, 1.165) is 5.75 Å². The van der Waals surface area contributed by atoms with Gasteiger partial charge in [-0.2, -0.15) is 11.8 Å². The van der Waals surface area contributed by atoms with Crippen LogP contribution in [0.4, 0.5) is 0 Å². The van der Waals surface area contributed by atoms with Crippen molar-refractivity contribution >= 4 is 30.0 Å². The van der Waals surface area contributed by atoms with Gasteiger partial charge in [-0.3, -0.25) is 14.4 Å². The molecule has 6 nitrogen and oxygen atoms in total. The molecule has 1 N–H and O–H groups in total. The average Bonchev–Trinajstić information content (AvgIpc) is 2.46. The molecule has 0 heterocycles. The minimum Gasteiger partial charge on any atom is -0.347 e. The zero-order chi connectivity index (χ0) is 18.2. The van der Waals surface area contributed by atoms with E-state index in [4.69, 9.17) is 0 Å². The quantitative estimate of drug-likeness (QED) is 0.635. The Labute approximate surface area is 144 Å². The molecule has 23 heavy (non-hydrogen) atoms. The number of rotatable bonds is 9. The van der Waals surface area contributed by atoms with Crippen LogP contribution in [0.15, 0.2) is 0 Å². The molecule has 0 unspecified atom stereocenters. The molecule has 0 aromatic carbocycles. The van der Waals surface area contributed by atoms with Gasteiger partial charge in [-0.05, 0) is 11.2 Å². The third-order valence-electron chi connectivity index (χ3n) is 3.42. The predicted octanol–water partition coefficient (Wildman–Crippen LogP) is 1.06. The number of amides is 3. The van der Waals surface area contributed by atoms with E-state index in [0.29, 0.717) is 18.7 Å². The fourth-order valence-electron chi connectivity index (χ4n) is 2.03. The molecule has 2 atom stereocenters. The monoisotopic (exact) mass is 345 g/mol. The van der Waals surface area contributed by atoms with Crippen molar-refractivity contribution in [1.82, 2.24) is 15.1 Å². The first-order valence-electron chi connectivity index (χ1n) is 7.79. The molecule has 0 rings (SSSR count). The SMILES string of the molecule is CCSC[C@H](CN(C)C=O)C(=O)N[C@H](C(=O)N(C)C)C(C)(C)C. The summed E-state index contributed by atoms with van der Waals surface area (Å²) in [6.07, 6.45) is 0.711. The minimum atomic E-state index is -0.597. The minimum absolute atomic E-state index is 0.128. The van der Waals surface area contributed by atoms with Gasteiger partial charge in [0.1, 0.15) is 6.04 Å². The lowest BCUT2D eigenvalue weighted by Crippen LogP contribution is -2.55. The third kappa shape index (κ3) is 7.72. The molecule has 0 fully saturated rings. The Balaban J connectivity index is 5.15. The topological polar surface area (TPSA) is 69.7 Å². The molecular formula is C16H31N3O3S. The molecule has 0 aliphatic carbocycles. The molecule has 0 aromatic rings. The van der Waals surface area contributed by atoms with Crippen LogP contribution in [-0.2, 0) is 14.4 Å². The number of hydrogen-bond donors (Lipinski definition) is 1. The Bertz CT molecular complexity index is 408. The maximum absolute atomic E-state index is 12.6. The van der Waals surface area contributed by atoms with Crippen molar-refractivity contribution in [2.24, 2.45) is 11.3 Å². The molecule has 0 aromatic heterocycles. The van der Waals surface area contributed by atoms with Crippen molar-refractivity contribution in [3.8, 4) is 0 Å². The van der Waals surface area contributed by atoms with Crippen LogP contribution in [0.25, 0.3) is 0 Å². The van der Waals surface area contributed by atoms with Gasteiger partial charge in [0.15, 0.2) is 0 Å². The summed E-state index contributed by atoms with van der Waals surface area (Å²) < 4.78 is 0. The van der Waals surface area contributed by atoms with E-state index in [-0.39, 0.29) is 17.7 Å². The van der Waals surface area contributed by atoms with Crippen LogP contribution in [0.2, 0.25) is 0 Å². The van der Waals surface area contributed by atoms with Gasteiger partial charge in [-0.1, -0.05) is 27.7 Å². The second kappa shape index (κ2) is 9.80. The van der Waals surface area contributed by atoms with Gasteiger partial charge >= 0.3 is 0 Å². The van der Waals surface area contributed by atoms with Gasteiger partial charge in [0.25, 0.3) is 0 Å². The Kier molecular flexibility index (Phi) is 9.27. The van der Waals surface area contributed by atoms with Crippen LogP contribution >= 0.6 is 11.8 Å². The summed E-state index contributed by atoms with van der Waals surface area (Å²) in [4.78, 5) is 38.8. The molecule has 134 valence electrons. The molecular weight excluding hydrogens is 314 g/mol. The van der Waals surface area contributed by atoms with Crippen molar-refractivity contribution in [3.05, 3.63) is 0 Å². The van der Waals surface area contributed by atoms with Gasteiger partial charge < -0.3 is 15.1 Å². The number of carbonyl (C=O) groups excluding carboxylic acids is 3. The summed E-state index contributed by atoms with van der Waals surface area (Å²) in [6, 6.07) is -0.597. The fourth-order valence-corrected chi connectivity index (χ4v) is 2.81. The summed E-state index contributed by atoms with van der Waals surface area (Å²) in [6.45, 7) is 8.14.